The second-order valence-electron chi connectivity index (χ2n) is 7.59. The van der Waals surface area contributed by atoms with E-state index in [1.54, 1.807) is 0 Å². The lowest BCUT2D eigenvalue weighted by Gasteiger charge is -2.44. The number of hydrogen-bond donors (Lipinski definition) is 1. The number of piperazine rings is 1. The number of nitrogens with zero attached hydrogens (tertiary/aromatic N) is 3. The third-order valence-electron chi connectivity index (χ3n) is 5.80. The molecule has 2 N–H and O–H groups in total. The van der Waals surface area contributed by atoms with Crippen LogP contribution in [0.25, 0.3) is 0 Å². The van der Waals surface area contributed by atoms with Crippen LogP contribution in [0, 0.1) is 0 Å². The third kappa shape index (κ3) is 5.21. The summed E-state index contributed by atoms with van der Waals surface area (Å²) in [5.41, 5.74) is 6.86. The van der Waals surface area contributed by atoms with Crippen molar-refractivity contribution in [2.75, 3.05) is 50.7 Å². The van der Waals surface area contributed by atoms with Gasteiger partial charge >= 0.3 is 0 Å². The van der Waals surface area contributed by atoms with Gasteiger partial charge in [0.1, 0.15) is 0 Å². The van der Waals surface area contributed by atoms with Gasteiger partial charge in [-0.25, -0.2) is 0 Å². The van der Waals surface area contributed by atoms with E-state index >= 15 is 0 Å². The van der Waals surface area contributed by atoms with Gasteiger partial charge in [0, 0.05) is 57.4 Å². The van der Waals surface area contributed by atoms with Crippen molar-refractivity contribution < 1.29 is 4.79 Å². The fourth-order valence-corrected chi connectivity index (χ4v) is 4.22. The molecule has 2 aliphatic rings. The van der Waals surface area contributed by atoms with Crippen molar-refractivity contribution in [2.24, 2.45) is 5.73 Å². The first-order chi connectivity index (χ1) is 12.8. The van der Waals surface area contributed by atoms with Gasteiger partial charge in [0.05, 0.1) is 0 Å². The Hall–Kier alpha value is -1.59. The van der Waals surface area contributed by atoms with E-state index in [0.29, 0.717) is 18.4 Å². The summed E-state index contributed by atoms with van der Waals surface area (Å²) >= 11 is 0. The van der Waals surface area contributed by atoms with Gasteiger partial charge in [0.25, 0.3) is 0 Å². The molecule has 1 unspecified atom stereocenters. The number of piperidine rings is 1. The molecule has 1 aromatic rings. The fraction of sp³-hybridized carbons (Fsp3) is 0.667. The van der Waals surface area contributed by atoms with Gasteiger partial charge in [0.2, 0.25) is 5.91 Å². The minimum atomic E-state index is 0.342. The van der Waals surface area contributed by atoms with Crippen LogP contribution in [0.15, 0.2) is 30.3 Å². The van der Waals surface area contributed by atoms with Crippen LogP contribution < -0.4 is 10.6 Å². The van der Waals surface area contributed by atoms with E-state index in [0.717, 1.165) is 71.5 Å². The second kappa shape index (κ2) is 9.93. The minimum Gasteiger partial charge on any atom is -0.369 e. The molecule has 0 aliphatic carbocycles. The maximum atomic E-state index is 12.5. The summed E-state index contributed by atoms with van der Waals surface area (Å²) in [6, 6.07) is 11.2. The van der Waals surface area contributed by atoms with E-state index in [1.807, 2.05) is 0 Å². The molecule has 26 heavy (non-hydrogen) atoms. The Kier molecular flexibility index (Phi) is 7.32. The van der Waals surface area contributed by atoms with Crippen LogP contribution in [0.3, 0.4) is 0 Å². The summed E-state index contributed by atoms with van der Waals surface area (Å²) in [6.45, 7) is 6.93. The predicted octanol–water partition coefficient (Wildman–Crippen LogP) is 2.32. The molecular formula is C21H34N4O. The summed E-state index contributed by atoms with van der Waals surface area (Å²) in [7, 11) is 0. The first-order valence-electron chi connectivity index (χ1n) is 10.3. The largest absolute Gasteiger partial charge is 0.369 e. The van der Waals surface area contributed by atoms with Crippen LogP contribution in [0.1, 0.15) is 38.5 Å². The van der Waals surface area contributed by atoms with Crippen molar-refractivity contribution >= 4 is 11.6 Å². The zero-order valence-corrected chi connectivity index (χ0v) is 16.0. The molecule has 2 heterocycles. The molecule has 0 radical (unpaired) electrons. The summed E-state index contributed by atoms with van der Waals surface area (Å²) < 4.78 is 0. The maximum Gasteiger partial charge on any atom is 0.222 e. The molecule has 1 atom stereocenters. The molecule has 2 saturated heterocycles. The Bertz CT molecular complexity index is 542. The number of nitrogens with two attached hydrogens (primary N) is 1. The highest BCUT2D eigenvalue weighted by Gasteiger charge is 2.29. The predicted molar refractivity (Wildman–Crippen MR) is 107 cm³/mol. The Morgan fingerprint density at radius 2 is 1.77 bits per heavy atom. The summed E-state index contributed by atoms with van der Waals surface area (Å²) in [6.07, 6.45) is 6.13. The van der Waals surface area contributed by atoms with Gasteiger partial charge in [-0.05, 0) is 44.4 Å². The van der Waals surface area contributed by atoms with Crippen LogP contribution in [0.2, 0.25) is 0 Å². The van der Waals surface area contributed by atoms with Gasteiger partial charge in [-0.2, -0.15) is 0 Å². The number of para-hydroxylation sites is 1. The minimum absolute atomic E-state index is 0.342. The molecule has 1 aromatic carbocycles. The lowest BCUT2D eigenvalue weighted by atomic mass is 10.0. The zero-order chi connectivity index (χ0) is 18.2. The summed E-state index contributed by atoms with van der Waals surface area (Å²) in [5, 5.41) is 0. The van der Waals surface area contributed by atoms with Gasteiger partial charge in [-0.15, -0.1) is 0 Å². The van der Waals surface area contributed by atoms with Crippen molar-refractivity contribution in [1.29, 1.82) is 0 Å². The number of hydrogen-bond acceptors (Lipinski definition) is 4. The van der Waals surface area contributed by atoms with E-state index in [-0.39, 0.29) is 0 Å². The quantitative estimate of drug-likeness (QED) is 0.760. The normalized spacial score (nSPS) is 21.8. The highest BCUT2D eigenvalue weighted by atomic mass is 16.2. The van der Waals surface area contributed by atoms with Crippen LogP contribution >= 0.6 is 0 Å². The maximum absolute atomic E-state index is 12.5. The van der Waals surface area contributed by atoms with Crippen molar-refractivity contribution in [2.45, 2.75) is 44.6 Å². The zero-order valence-electron chi connectivity index (χ0n) is 16.0. The van der Waals surface area contributed by atoms with Crippen LogP contribution in [-0.2, 0) is 4.79 Å². The number of carbonyl (C=O) groups is 1. The summed E-state index contributed by atoms with van der Waals surface area (Å²) in [4.78, 5) is 19.7. The number of anilines is 1. The van der Waals surface area contributed by atoms with E-state index < -0.39 is 0 Å². The van der Waals surface area contributed by atoms with Gasteiger partial charge in [0.15, 0.2) is 0 Å². The highest BCUT2D eigenvalue weighted by Crippen LogP contribution is 2.21. The second-order valence-corrected chi connectivity index (χ2v) is 7.59. The van der Waals surface area contributed by atoms with Crippen molar-refractivity contribution in [3.63, 3.8) is 0 Å². The smallest absolute Gasteiger partial charge is 0.222 e. The van der Waals surface area contributed by atoms with E-state index in [9.17, 15) is 4.79 Å². The van der Waals surface area contributed by atoms with E-state index in [4.69, 9.17) is 5.73 Å². The first-order valence-corrected chi connectivity index (χ1v) is 10.3. The van der Waals surface area contributed by atoms with Crippen molar-refractivity contribution in [1.82, 2.24) is 9.80 Å². The fourth-order valence-electron chi connectivity index (χ4n) is 4.22. The van der Waals surface area contributed by atoms with Gasteiger partial charge in [-0.1, -0.05) is 24.6 Å². The SMILES string of the molecule is NCCCCCC(=O)N1CCCC(N2CCN(c3ccccc3)CC2)C1. The molecule has 144 valence electrons. The standard InChI is InChI=1S/C21H34N4O/c22-12-6-2-5-11-21(26)25-13-7-10-20(18-25)24-16-14-23(15-17-24)19-8-3-1-4-9-19/h1,3-4,8-9,20H,2,5-7,10-18,22H2. The Labute approximate surface area is 158 Å². The molecule has 2 aliphatic heterocycles. The number of amides is 1. The lowest BCUT2D eigenvalue weighted by Crippen LogP contribution is -2.55. The average Bonchev–Trinajstić information content (AvgIpc) is 2.72. The number of unbranched alkanes of at least 4 members (excludes halogenated alkanes) is 2. The monoisotopic (exact) mass is 358 g/mol. The van der Waals surface area contributed by atoms with Crippen molar-refractivity contribution in [3.8, 4) is 0 Å². The third-order valence-corrected chi connectivity index (χ3v) is 5.80. The van der Waals surface area contributed by atoms with Gasteiger partial charge < -0.3 is 15.5 Å². The highest BCUT2D eigenvalue weighted by molar-refractivity contribution is 5.76. The molecule has 0 aromatic heterocycles. The molecule has 5 heteroatoms. The number of likely N-dealkylation sites (tertiary alicyclic amines) is 1. The summed E-state index contributed by atoms with van der Waals surface area (Å²) in [5.74, 6) is 0.342. The molecule has 0 bridgehead atoms. The molecule has 5 nitrogen and oxygen atoms in total. The topological polar surface area (TPSA) is 52.8 Å². The number of rotatable bonds is 7. The van der Waals surface area contributed by atoms with Crippen LogP contribution in [0.5, 0.6) is 0 Å². The van der Waals surface area contributed by atoms with Crippen LogP contribution in [0.4, 0.5) is 5.69 Å². The lowest BCUT2D eigenvalue weighted by molar-refractivity contribution is -0.133. The Morgan fingerprint density at radius 3 is 2.50 bits per heavy atom. The number of benzene rings is 1. The molecule has 0 spiro atoms. The first kappa shape index (κ1) is 19.2. The molecular weight excluding hydrogens is 324 g/mol. The van der Waals surface area contributed by atoms with Crippen LogP contribution in [-0.4, -0.2) is 67.6 Å². The van der Waals surface area contributed by atoms with E-state index in [2.05, 4.69) is 45.0 Å². The Balaban J connectivity index is 1.44. The molecule has 3 rings (SSSR count). The Morgan fingerprint density at radius 1 is 1.00 bits per heavy atom. The molecule has 0 saturated carbocycles. The molecule has 1 amide bonds. The van der Waals surface area contributed by atoms with Gasteiger partial charge in [-0.3, -0.25) is 9.69 Å². The average molecular weight is 359 g/mol. The van der Waals surface area contributed by atoms with Crippen molar-refractivity contribution in [3.05, 3.63) is 30.3 Å². The molecule has 2 fully saturated rings. The number of carbonyl (C=O) groups excluding carboxylic acids is 1. The van der Waals surface area contributed by atoms with E-state index in [1.165, 1.54) is 12.1 Å².